The van der Waals surface area contributed by atoms with E-state index in [-0.39, 0.29) is 17.1 Å². The maximum absolute atomic E-state index is 10.7. The molecule has 0 saturated carbocycles. The van der Waals surface area contributed by atoms with E-state index in [0.717, 1.165) is 5.56 Å². The predicted octanol–water partition coefficient (Wildman–Crippen LogP) is 2.57. The molecule has 0 aliphatic rings. The molecule has 1 rings (SSSR count). The van der Waals surface area contributed by atoms with Crippen LogP contribution in [0, 0.1) is 11.8 Å². The molecule has 0 spiro atoms. The van der Waals surface area contributed by atoms with Crippen LogP contribution < -0.4 is 5.32 Å². The van der Waals surface area contributed by atoms with Gasteiger partial charge in [0.05, 0.1) is 5.56 Å². The molecule has 0 saturated heterocycles. The lowest BCUT2D eigenvalue weighted by Crippen LogP contribution is -2.20. The highest BCUT2D eigenvalue weighted by Crippen LogP contribution is 2.26. The Balaban J connectivity index is 2.78. The Morgan fingerprint density at radius 2 is 2.05 bits per heavy atom. The van der Waals surface area contributed by atoms with Crippen molar-refractivity contribution in [3.8, 4) is 17.6 Å². The second-order valence-electron chi connectivity index (χ2n) is 5.52. The first-order chi connectivity index (χ1) is 8.80. The summed E-state index contributed by atoms with van der Waals surface area (Å²) in [5.41, 5.74) is 1.80. The molecular weight excluding hydrogens is 238 g/mol. The SMILES string of the molecule is CC(=O)NCCC#Cc1cc(C(C)(C)C)ccc1O. The number of hydrogen-bond acceptors (Lipinski definition) is 2. The topological polar surface area (TPSA) is 49.3 Å². The first-order valence-electron chi connectivity index (χ1n) is 6.37. The number of hydrogen-bond donors (Lipinski definition) is 2. The zero-order valence-corrected chi connectivity index (χ0v) is 12.0. The molecule has 0 atom stereocenters. The van der Waals surface area contributed by atoms with Crippen molar-refractivity contribution in [2.24, 2.45) is 0 Å². The highest BCUT2D eigenvalue weighted by Gasteiger charge is 2.14. The number of phenolic OH excluding ortho intramolecular Hbond substituents is 1. The zero-order chi connectivity index (χ0) is 14.5. The molecule has 19 heavy (non-hydrogen) atoms. The van der Waals surface area contributed by atoms with Crippen molar-refractivity contribution >= 4 is 5.91 Å². The fourth-order valence-corrected chi connectivity index (χ4v) is 1.56. The lowest BCUT2D eigenvalue weighted by Gasteiger charge is -2.19. The van der Waals surface area contributed by atoms with Crippen LogP contribution in [0.1, 0.15) is 45.2 Å². The summed E-state index contributed by atoms with van der Waals surface area (Å²) in [6, 6.07) is 5.51. The van der Waals surface area contributed by atoms with E-state index in [1.807, 2.05) is 12.1 Å². The average molecular weight is 259 g/mol. The Hall–Kier alpha value is -1.95. The smallest absolute Gasteiger partial charge is 0.216 e. The summed E-state index contributed by atoms with van der Waals surface area (Å²) in [7, 11) is 0. The maximum atomic E-state index is 10.7. The molecule has 0 aliphatic carbocycles. The van der Waals surface area contributed by atoms with Crippen molar-refractivity contribution < 1.29 is 9.90 Å². The van der Waals surface area contributed by atoms with Gasteiger partial charge < -0.3 is 10.4 Å². The van der Waals surface area contributed by atoms with Crippen molar-refractivity contribution in [3.63, 3.8) is 0 Å². The molecule has 3 nitrogen and oxygen atoms in total. The van der Waals surface area contributed by atoms with Crippen molar-refractivity contribution in [2.45, 2.75) is 39.5 Å². The Morgan fingerprint density at radius 3 is 2.63 bits per heavy atom. The molecule has 0 bridgehead atoms. The summed E-state index contributed by atoms with van der Waals surface area (Å²) in [6.07, 6.45) is 0.568. The van der Waals surface area contributed by atoms with Gasteiger partial charge in [0.2, 0.25) is 5.91 Å². The molecule has 3 heteroatoms. The van der Waals surface area contributed by atoms with E-state index < -0.39 is 0 Å². The molecule has 1 aromatic rings. The monoisotopic (exact) mass is 259 g/mol. The average Bonchev–Trinajstić information content (AvgIpc) is 2.29. The maximum Gasteiger partial charge on any atom is 0.216 e. The van der Waals surface area contributed by atoms with Gasteiger partial charge in [-0.3, -0.25) is 4.79 Å². The van der Waals surface area contributed by atoms with Crippen LogP contribution in [0.25, 0.3) is 0 Å². The lowest BCUT2D eigenvalue weighted by atomic mass is 9.86. The van der Waals surface area contributed by atoms with E-state index in [2.05, 4.69) is 37.9 Å². The number of carbonyl (C=O) groups excluding carboxylic acids is 1. The van der Waals surface area contributed by atoms with Crippen molar-refractivity contribution in [1.82, 2.24) is 5.32 Å². The minimum Gasteiger partial charge on any atom is -0.507 e. The summed E-state index contributed by atoms with van der Waals surface area (Å²) in [5, 5.41) is 12.5. The third kappa shape index (κ3) is 5.05. The van der Waals surface area contributed by atoms with Crippen molar-refractivity contribution in [1.29, 1.82) is 0 Å². The van der Waals surface area contributed by atoms with Gasteiger partial charge in [0, 0.05) is 19.9 Å². The number of amides is 1. The molecule has 1 amide bonds. The molecule has 0 unspecified atom stereocenters. The van der Waals surface area contributed by atoms with Crippen molar-refractivity contribution in [2.75, 3.05) is 6.54 Å². The fourth-order valence-electron chi connectivity index (χ4n) is 1.56. The van der Waals surface area contributed by atoms with Gasteiger partial charge in [-0.05, 0) is 23.1 Å². The van der Waals surface area contributed by atoms with Gasteiger partial charge >= 0.3 is 0 Å². The fraction of sp³-hybridized carbons (Fsp3) is 0.438. The Kier molecular flexibility index (Phi) is 5.00. The summed E-state index contributed by atoms with van der Waals surface area (Å²) in [5.74, 6) is 6.04. The summed E-state index contributed by atoms with van der Waals surface area (Å²) in [4.78, 5) is 10.7. The predicted molar refractivity (Wildman–Crippen MR) is 77.0 cm³/mol. The molecule has 0 radical (unpaired) electrons. The van der Waals surface area contributed by atoms with Crippen LogP contribution in [0.2, 0.25) is 0 Å². The van der Waals surface area contributed by atoms with Gasteiger partial charge in [0.15, 0.2) is 0 Å². The number of nitrogens with one attached hydrogen (secondary N) is 1. The van der Waals surface area contributed by atoms with Crippen LogP contribution in [0.4, 0.5) is 0 Å². The number of benzene rings is 1. The normalized spacial score (nSPS) is 10.5. The van der Waals surface area contributed by atoms with Crippen LogP contribution in [0.15, 0.2) is 18.2 Å². The first kappa shape index (κ1) is 15.1. The summed E-state index contributed by atoms with van der Waals surface area (Å²) in [6.45, 7) is 8.36. The van der Waals surface area contributed by atoms with Gasteiger partial charge in [-0.25, -0.2) is 0 Å². The summed E-state index contributed by atoms with van der Waals surface area (Å²) < 4.78 is 0. The molecule has 0 heterocycles. The standard InChI is InChI=1S/C16H21NO2/c1-12(18)17-10-6-5-7-13-11-14(16(2,3)4)8-9-15(13)19/h8-9,11,19H,6,10H2,1-4H3,(H,17,18). The van der Waals surface area contributed by atoms with Crippen LogP contribution in [0.5, 0.6) is 5.75 Å². The highest BCUT2D eigenvalue weighted by molar-refractivity contribution is 5.72. The van der Waals surface area contributed by atoms with Crippen molar-refractivity contribution in [3.05, 3.63) is 29.3 Å². The number of rotatable bonds is 2. The van der Waals surface area contributed by atoms with E-state index in [0.29, 0.717) is 18.5 Å². The second kappa shape index (κ2) is 6.29. The number of aromatic hydroxyl groups is 1. The third-order valence-electron chi connectivity index (χ3n) is 2.71. The van der Waals surface area contributed by atoms with Gasteiger partial charge in [-0.1, -0.05) is 38.7 Å². The van der Waals surface area contributed by atoms with Crippen LogP contribution in [0.3, 0.4) is 0 Å². The Bertz CT molecular complexity index is 516. The van der Waals surface area contributed by atoms with Gasteiger partial charge in [0.1, 0.15) is 5.75 Å². The molecule has 102 valence electrons. The molecule has 0 fully saturated rings. The molecular formula is C16H21NO2. The molecule has 0 aliphatic heterocycles. The lowest BCUT2D eigenvalue weighted by molar-refractivity contribution is -0.118. The van der Waals surface area contributed by atoms with Gasteiger partial charge in [0.25, 0.3) is 0 Å². The minimum absolute atomic E-state index is 0.0281. The van der Waals surface area contributed by atoms with Gasteiger partial charge in [-0.2, -0.15) is 0 Å². The van der Waals surface area contributed by atoms with E-state index in [1.54, 1.807) is 6.07 Å². The van der Waals surface area contributed by atoms with Crippen LogP contribution >= 0.6 is 0 Å². The minimum atomic E-state index is -0.0561. The second-order valence-corrected chi connectivity index (χ2v) is 5.52. The quantitative estimate of drug-likeness (QED) is 0.633. The van der Waals surface area contributed by atoms with Gasteiger partial charge in [-0.15, -0.1) is 0 Å². The Labute approximate surface area is 115 Å². The van der Waals surface area contributed by atoms with E-state index in [1.165, 1.54) is 6.92 Å². The highest BCUT2D eigenvalue weighted by atomic mass is 16.3. The first-order valence-corrected chi connectivity index (χ1v) is 6.37. The summed E-state index contributed by atoms with van der Waals surface area (Å²) >= 11 is 0. The molecule has 1 aromatic carbocycles. The number of carbonyl (C=O) groups is 1. The Morgan fingerprint density at radius 1 is 1.37 bits per heavy atom. The molecule has 0 aromatic heterocycles. The van der Waals surface area contributed by atoms with E-state index in [9.17, 15) is 9.90 Å². The van der Waals surface area contributed by atoms with Crippen LogP contribution in [-0.2, 0) is 10.2 Å². The number of phenols is 1. The zero-order valence-electron chi connectivity index (χ0n) is 12.0. The van der Waals surface area contributed by atoms with E-state index in [4.69, 9.17) is 0 Å². The largest absolute Gasteiger partial charge is 0.507 e. The van der Waals surface area contributed by atoms with E-state index >= 15 is 0 Å². The van der Waals surface area contributed by atoms with Crippen LogP contribution in [-0.4, -0.2) is 17.6 Å². The third-order valence-corrected chi connectivity index (χ3v) is 2.71. The molecule has 2 N–H and O–H groups in total.